The van der Waals surface area contributed by atoms with Gasteiger partial charge in [-0.15, -0.1) is 0 Å². The second-order valence-electron chi connectivity index (χ2n) is 4.40. The van der Waals surface area contributed by atoms with Crippen LogP contribution in [0.15, 0.2) is 23.1 Å². The third-order valence-corrected chi connectivity index (χ3v) is 3.10. The molecule has 1 N–H and O–H groups in total. The lowest BCUT2D eigenvalue weighted by Gasteiger charge is -2.09. The van der Waals surface area contributed by atoms with E-state index >= 15 is 0 Å². The maximum Gasteiger partial charge on any atom is 0.278 e. The average Bonchev–Trinajstić information content (AvgIpc) is 2.76. The smallest absolute Gasteiger partial charge is 0.278 e. The van der Waals surface area contributed by atoms with E-state index < -0.39 is 0 Å². The van der Waals surface area contributed by atoms with Crippen LogP contribution in [-0.2, 0) is 0 Å². The molecule has 0 aromatic carbocycles. The third kappa shape index (κ3) is 2.38. The summed E-state index contributed by atoms with van der Waals surface area (Å²) < 4.78 is 5.24. The minimum atomic E-state index is 0.196. The molecule has 2 aromatic rings. The van der Waals surface area contributed by atoms with Gasteiger partial charge in [-0.05, 0) is 19.4 Å². The van der Waals surface area contributed by atoms with E-state index in [4.69, 9.17) is 4.52 Å². The van der Waals surface area contributed by atoms with Crippen LogP contribution in [0.3, 0.4) is 0 Å². The van der Waals surface area contributed by atoms with Crippen molar-refractivity contribution >= 4 is 0 Å². The van der Waals surface area contributed by atoms with E-state index in [-0.39, 0.29) is 6.04 Å². The Hall–Kier alpha value is -1.82. The van der Waals surface area contributed by atoms with Crippen molar-refractivity contribution in [1.82, 2.24) is 25.4 Å². The number of rotatable bonds is 2. The Balaban J connectivity index is 1.80. The fraction of sp³-hybridized carbons (Fsp3) is 0.500. The first-order valence-electron chi connectivity index (χ1n) is 6.27. The van der Waals surface area contributed by atoms with Crippen molar-refractivity contribution in [2.75, 3.05) is 6.54 Å². The summed E-state index contributed by atoms with van der Waals surface area (Å²) in [4.78, 5) is 12.5. The summed E-state index contributed by atoms with van der Waals surface area (Å²) in [5, 5.41) is 7.48. The Kier molecular flexibility index (Phi) is 3.27. The lowest BCUT2D eigenvalue weighted by molar-refractivity contribution is 0.401. The SMILES string of the molecule is c1cnc(-c2nc(C3CCCCCN3)no2)cn1. The molecule has 1 saturated heterocycles. The van der Waals surface area contributed by atoms with Crippen LogP contribution in [0.25, 0.3) is 11.6 Å². The summed E-state index contributed by atoms with van der Waals surface area (Å²) in [5.41, 5.74) is 0.616. The highest BCUT2D eigenvalue weighted by molar-refractivity contribution is 5.43. The van der Waals surface area contributed by atoms with Gasteiger partial charge in [-0.1, -0.05) is 18.0 Å². The number of aromatic nitrogens is 4. The van der Waals surface area contributed by atoms with Gasteiger partial charge in [-0.2, -0.15) is 4.98 Å². The fourth-order valence-corrected chi connectivity index (χ4v) is 2.14. The summed E-state index contributed by atoms with van der Waals surface area (Å²) >= 11 is 0. The number of hydrogen-bond donors (Lipinski definition) is 1. The fourth-order valence-electron chi connectivity index (χ4n) is 2.14. The van der Waals surface area contributed by atoms with Gasteiger partial charge in [0.05, 0.1) is 12.2 Å². The molecule has 0 saturated carbocycles. The third-order valence-electron chi connectivity index (χ3n) is 3.10. The van der Waals surface area contributed by atoms with Crippen LogP contribution in [0.2, 0.25) is 0 Å². The summed E-state index contributed by atoms with van der Waals surface area (Å²) in [7, 11) is 0. The maximum atomic E-state index is 5.24. The van der Waals surface area contributed by atoms with Crippen molar-refractivity contribution in [2.45, 2.75) is 31.7 Å². The van der Waals surface area contributed by atoms with Gasteiger partial charge < -0.3 is 9.84 Å². The molecular formula is C12H15N5O. The molecule has 1 unspecified atom stereocenters. The van der Waals surface area contributed by atoms with Gasteiger partial charge in [-0.3, -0.25) is 4.98 Å². The van der Waals surface area contributed by atoms with Crippen LogP contribution in [-0.4, -0.2) is 26.7 Å². The number of hydrogen-bond acceptors (Lipinski definition) is 6. The first-order valence-corrected chi connectivity index (χ1v) is 6.27. The summed E-state index contributed by atoms with van der Waals surface area (Å²) in [6.07, 6.45) is 9.59. The Morgan fingerprint density at radius 2 is 2.22 bits per heavy atom. The summed E-state index contributed by atoms with van der Waals surface area (Å²) in [5.74, 6) is 1.15. The molecule has 0 amide bonds. The van der Waals surface area contributed by atoms with E-state index in [2.05, 4.69) is 25.4 Å². The second-order valence-corrected chi connectivity index (χ2v) is 4.40. The maximum absolute atomic E-state index is 5.24. The van der Waals surface area contributed by atoms with E-state index in [9.17, 15) is 0 Å². The van der Waals surface area contributed by atoms with Crippen LogP contribution < -0.4 is 5.32 Å². The van der Waals surface area contributed by atoms with E-state index in [0.717, 1.165) is 18.8 Å². The van der Waals surface area contributed by atoms with Crippen molar-refractivity contribution < 1.29 is 4.52 Å². The lowest BCUT2D eigenvalue weighted by atomic mass is 10.1. The van der Waals surface area contributed by atoms with Crippen molar-refractivity contribution in [1.29, 1.82) is 0 Å². The molecule has 6 heteroatoms. The van der Waals surface area contributed by atoms with Gasteiger partial charge in [-0.25, -0.2) is 4.98 Å². The van der Waals surface area contributed by atoms with Crippen LogP contribution in [0.4, 0.5) is 0 Å². The van der Waals surface area contributed by atoms with Crippen LogP contribution in [0.5, 0.6) is 0 Å². The molecule has 18 heavy (non-hydrogen) atoms. The Bertz CT molecular complexity index is 490. The molecule has 3 rings (SSSR count). The van der Waals surface area contributed by atoms with E-state index in [1.165, 1.54) is 19.3 Å². The van der Waals surface area contributed by atoms with Gasteiger partial charge >= 0.3 is 0 Å². The predicted octanol–water partition coefficient (Wildman–Crippen LogP) is 1.73. The number of nitrogens with zero attached hydrogens (tertiary/aromatic N) is 4. The molecule has 1 atom stereocenters. The standard InChI is InChI=1S/C12H15N5O/c1-2-4-9(14-5-3-1)11-16-12(18-17-11)10-8-13-6-7-15-10/h6-9,14H,1-5H2. The zero-order valence-electron chi connectivity index (χ0n) is 10.0. The molecule has 0 bridgehead atoms. The molecule has 94 valence electrons. The van der Waals surface area contributed by atoms with Gasteiger partial charge in [0.2, 0.25) is 0 Å². The van der Waals surface area contributed by atoms with E-state index in [1.807, 2.05) is 0 Å². The lowest BCUT2D eigenvalue weighted by Crippen LogP contribution is -2.21. The van der Waals surface area contributed by atoms with Crippen molar-refractivity contribution in [3.8, 4) is 11.6 Å². The highest BCUT2D eigenvalue weighted by atomic mass is 16.5. The zero-order valence-corrected chi connectivity index (χ0v) is 10.0. The molecule has 1 aliphatic rings. The highest BCUT2D eigenvalue weighted by Crippen LogP contribution is 2.22. The van der Waals surface area contributed by atoms with Crippen molar-refractivity contribution in [2.24, 2.45) is 0 Å². The van der Waals surface area contributed by atoms with E-state index in [1.54, 1.807) is 18.6 Å². The number of nitrogens with one attached hydrogen (secondary N) is 1. The van der Waals surface area contributed by atoms with Gasteiger partial charge in [0, 0.05) is 12.4 Å². The van der Waals surface area contributed by atoms with E-state index in [0.29, 0.717) is 11.6 Å². The predicted molar refractivity (Wildman–Crippen MR) is 64.5 cm³/mol. The first-order chi connectivity index (χ1) is 8.93. The van der Waals surface area contributed by atoms with Gasteiger partial charge in [0.15, 0.2) is 5.82 Å². The Morgan fingerprint density at radius 3 is 3.11 bits per heavy atom. The normalized spacial score (nSPS) is 20.6. The summed E-state index contributed by atoms with van der Waals surface area (Å²) in [6.45, 7) is 1.01. The Labute approximate surface area is 105 Å². The van der Waals surface area contributed by atoms with Gasteiger partial charge in [0.25, 0.3) is 5.89 Å². The molecule has 6 nitrogen and oxygen atoms in total. The average molecular weight is 245 g/mol. The topological polar surface area (TPSA) is 76.7 Å². The summed E-state index contributed by atoms with van der Waals surface area (Å²) in [6, 6.07) is 0.196. The highest BCUT2D eigenvalue weighted by Gasteiger charge is 2.20. The van der Waals surface area contributed by atoms with Crippen LogP contribution in [0, 0.1) is 0 Å². The quantitative estimate of drug-likeness (QED) is 0.868. The second kappa shape index (κ2) is 5.22. The monoisotopic (exact) mass is 245 g/mol. The minimum Gasteiger partial charge on any atom is -0.332 e. The first kappa shape index (κ1) is 11.3. The molecule has 0 spiro atoms. The molecule has 1 aliphatic heterocycles. The largest absolute Gasteiger partial charge is 0.332 e. The molecule has 0 radical (unpaired) electrons. The van der Waals surface area contributed by atoms with Crippen molar-refractivity contribution in [3.63, 3.8) is 0 Å². The minimum absolute atomic E-state index is 0.196. The molecule has 2 aromatic heterocycles. The van der Waals surface area contributed by atoms with Gasteiger partial charge in [0.1, 0.15) is 5.69 Å². The molecular weight excluding hydrogens is 230 g/mol. The van der Waals surface area contributed by atoms with Crippen LogP contribution >= 0.6 is 0 Å². The molecule has 3 heterocycles. The zero-order chi connectivity index (χ0) is 12.2. The molecule has 0 aliphatic carbocycles. The van der Waals surface area contributed by atoms with Crippen LogP contribution in [0.1, 0.15) is 37.5 Å². The Morgan fingerprint density at radius 1 is 1.22 bits per heavy atom. The molecule has 1 fully saturated rings. The van der Waals surface area contributed by atoms with Crippen molar-refractivity contribution in [3.05, 3.63) is 24.4 Å².